The van der Waals surface area contributed by atoms with Crippen molar-refractivity contribution in [3.63, 3.8) is 0 Å². The number of methoxy groups -OCH3 is 1. The van der Waals surface area contributed by atoms with Crippen molar-refractivity contribution in [3.05, 3.63) is 48.5 Å². The molecule has 22 heavy (non-hydrogen) atoms. The van der Waals surface area contributed by atoms with Gasteiger partial charge in [-0.1, -0.05) is 6.07 Å². The number of ether oxygens (including phenoxy) is 1. The van der Waals surface area contributed by atoms with Crippen LogP contribution in [0, 0.1) is 0 Å². The SMILES string of the molecule is COc1ccc(S[C@@H](C)C(=O)Nc2cccc(SC)c2)cc1. The summed E-state index contributed by atoms with van der Waals surface area (Å²) in [4.78, 5) is 14.5. The number of nitrogens with one attached hydrogen (secondary N) is 1. The fourth-order valence-corrected chi connectivity index (χ4v) is 3.18. The highest BCUT2D eigenvalue weighted by molar-refractivity contribution is 8.00. The Balaban J connectivity index is 1.96. The Morgan fingerprint density at radius 1 is 1.14 bits per heavy atom. The van der Waals surface area contributed by atoms with Gasteiger partial charge in [-0.05, 0) is 55.6 Å². The van der Waals surface area contributed by atoms with Gasteiger partial charge in [0, 0.05) is 15.5 Å². The lowest BCUT2D eigenvalue weighted by Gasteiger charge is -2.13. The molecule has 1 N–H and O–H groups in total. The van der Waals surface area contributed by atoms with Gasteiger partial charge >= 0.3 is 0 Å². The second-order valence-corrected chi connectivity index (χ2v) is 6.95. The number of amides is 1. The topological polar surface area (TPSA) is 38.3 Å². The minimum absolute atomic E-state index is 0.000860. The van der Waals surface area contributed by atoms with Crippen LogP contribution in [-0.2, 0) is 4.79 Å². The third kappa shape index (κ3) is 4.71. The summed E-state index contributed by atoms with van der Waals surface area (Å²) in [6, 6.07) is 15.6. The van der Waals surface area contributed by atoms with Crippen molar-refractivity contribution in [1.29, 1.82) is 0 Å². The molecule has 0 saturated carbocycles. The van der Waals surface area contributed by atoms with Crippen LogP contribution in [0.3, 0.4) is 0 Å². The van der Waals surface area contributed by atoms with Gasteiger partial charge in [-0.15, -0.1) is 23.5 Å². The number of benzene rings is 2. The first-order valence-corrected chi connectivity index (χ1v) is 8.98. The van der Waals surface area contributed by atoms with Crippen molar-refractivity contribution in [2.75, 3.05) is 18.7 Å². The largest absolute Gasteiger partial charge is 0.497 e. The number of carbonyl (C=O) groups excluding carboxylic acids is 1. The zero-order valence-corrected chi connectivity index (χ0v) is 14.5. The van der Waals surface area contributed by atoms with E-state index in [2.05, 4.69) is 5.32 Å². The van der Waals surface area contributed by atoms with Crippen molar-refractivity contribution in [2.24, 2.45) is 0 Å². The van der Waals surface area contributed by atoms with Crippen LogP contribution >= 0.6 is 23.5 Å². The highest BCUT2D eigenvalue weighted by atomic mass is 32.2. The standard InChI is InChI=1S/C17H19NO2S2/c1-12(22-15-9-7-14(20-2)8-10-15)17(19)18-13-5-4-6-16(11-13)21-3/h4-12H,1-3H3,(H,18,19)/t12-/m0/s1. The molecule has 0 heterocycles. The van der Waals surface area contributed by atoms with Gasteiger partial charge in [0.1, 0.15) is 5.75 Å². The van der Waals surface area contributed by atoms with Crippen LogP contribution in [-0.4, -0.2) is 24.5 Å². The molecule has 0 aliphatic rings. The Morgan fingerprint density at radius 3 is 2.50 bits per heavy atom. The first-order valence-electron chi connectivity index (χ1n) is 6.88. The van der Waals surface area contributed by atoms with Crippen LogP contribution in [0.25, 0.3) is 0 Å². The summed E-state index contributed by atoms with van der Waals surface area (Å²) >= 11 is 3.18. The van der Waals surface area contributed by atoms with E-state index in [1.807, 2.05) is 61.7 Å². The minimum atomic E-state index is -0.175. The zero-order valence-electron chi connectivity index (χ0n) is 12.8. The molecule has 2 aromatic carbocycles. The molecule has 0 unspecified atom stereocenters. The van der Waals surface area contributed by atoms with Gasteiger partial charge in [0.25, 0.3) is 0 Å². The van der Waals surface area contributed by atoms with E-state index in [1.165, 1.54) is 11.8 Å². The summed E-state index contributed by atoms with van der Waals surface area (Å²) < 4.78 is 5.13. The van der Waals surface area contributed by atoms with Crippen LogP contribution < -0.4 is 10.1 Å². The molecule has 0 spiro atoms. The normalized spacial score (nSPS) is 11.8. The summed E-state index contributed by atoms with van der Waals surface area (Å²) in [6.07, 6.45) is 2.02. The molecule has 0 aromatic heterocycles. The Hall–Kier alpha value is -1.59. The molecule has 116 valence electrons. The number of hydrogen-bond donors (Lipinski definition) is 1. The maximum atomic E-state index is 12.3. The van der Waals surface area contributed by atoms with Crippen molar-refractivity contribution in [2.45, 2.75) is 22.0 Å². The second-order valence-electron chi connectivity index (χ2n) is 4.66. The van der Waals surface area contributed by atoms with Crippen LogP contribution in [0.15, 0.2) is 58.3 Å². The fourth-order valence-electron chi connectivity index (χ4n) is 1.86. The van der Waals surface area contributed by atoms with Crippen molar-refractivity contribution in [1.82, 2.24) is 0 Å². The van der Waals surface area contributed by atoms with Gasteiger partial charge < -0.3 is 10.1 Å². The molecule has 2 rings (SSSR count). The molecule has 5 heteroatoms. The number of hydrogen-bond acceptors (Lipinski definition) is 4. The lowest BCUT2D eigenvalue weighted by molar-refractivity contribution is -0.115. The molecule has 1 amide bonds. The monoisotopic (exact) mass is 333 g/mol. The average molecular weight is 333 g/mol. The van der Waals surface area contributed by atoms with E-state index in [1.54, 1.807) is 18.9 Å². The van der Waals surface area contributed by atoms with Gasteiger partial charge in [-0.25, -0.2) is 0 Å². The molecule has 0 saturated heterocycles. The first kappa shape index (κ1) is 16.8. The third-order valence-electron chi connectivity index (χ3n) is 3.08. The molecule has 0 aliphatic carbocycles. The molecule has 0 fully saturated rings. The quantitative estimate of drug-likeness (QED) is 0.788. The van der Waals surface area contributed by atoms with Crippen LogP contribution in [0.2, 0.25) is 0 Å². The Bertz CT molecular complexity index is 629. The van der Waals surface area contributed by atoms with E-state index in [0.29, 0.717) is 0 Å². The average Bonchev–Trinajstić information content (AvgIpc) is 2.55. The first-order chi connectivity index (χ1) is 10.6. The van der Waals surface area contributed by atoms with E-state index in [4.69, 9.17) is 4.74 Å². The molecule has 1 atom stereocenters. The molecule has 0 radical (unpaired) electrons. The second kappa shape index (κ2) is 8.15. The summed E-state index contributed by atoms with van der Waals surface area (Å²) in [5, 5.41) is 2.79. The van der Waals surface area contributed by atoms with Crippen LogP contribution in [0.1, 0.15) is 6.92 Å². The molecule has 0 bridgehead atoms. The maximum Gasteiger partial charge on any atom is 0.237 e. The number of anilines is 1. The van der Waals surface area contributed by atoms with E-state index in [0.717, 1.165) is 21.2 Å². The third-order valence-corrected chi connectivity index (χ3v) is 4.92. The van der Waals surface area contributed by atoms with Gasteiger partial charge in [0.2, 0.25) is 5.91 Å². The highest BCUT2D eigenvalue weighted by Gasteiger charge is 2.14. The number of carbonyl (C=O) groups is 1. The van der Waals surface area contributed by atoms with Gasteiger partial charge in [0.15, 0.2) is 0 Å². The summed E-state index contributed by atoms with van der Waals surface area (Å²) in [5.74, 6) is 0.814. The molecule has 3 nitrogen and oxygen atoms in total. The van der Waals surface area contributed by atoms with Crippen LogP contribution in [0.5, 0.6) is 5.75 Å². The molecule has 2 aromatic rings. The van der Waals surface area contributed by atoms with E-state index in [9.17, 15) is 4.79 Å². The highest BCUT2D eigenvalue weighted by Crippen LogP contribution is 2.26. The van der Waals surface area contributed by atoms with Crippen molar-refractivity contribution in [3.8, 4) is 5.75 Å². The van der Waals surface area contributed by atoms with E-state index in [-0.39, 0.29) is 11.2 Å². The lowest BCUT2D eigenvalue weighted by Crippen LogP contribution is -2.22. The summed E-state index contributed by atoms with van der Waals surface area (Å²) in [7, 11) is 1.64. The molecular weight excluding hydrogens is 314 g/mol. The van der Waals surface area contributed by atoms with Crippen molar-refractivity contribution >= 4 is 35.1 Å². The number of thioether (sulfide) groups is 2. The predicted molar refractivity (Wildman–Crippen MR) is 95.2 cm³/mol. The minimum Gasteiger partial charge on any atom is -0.497 e. The van der Waals surface area contributed by atoms with Crippen molar-refractivity contribution < 1.29 is 9.53 Å². The van der Waals surface area contributed by atoms with Gasteiger partial charge in [-0.2, -0.15) is 0 Å². The van der Waals surface area contributed by atoms with E-state index >= 15 is 0 Å². The summed E-state index contributed by atoms with van der Waals surface area (Å²) in [6.45, 7) is 1.91. The fraction of sp³-hybridized carbons (Fsp3) is 0.235. The number of rotatable bonds is 6. The Morgan fingerprint density at radius 2 is 1.86 bits per heavy atom. The Kier molecular flexibility index (Phi) is 6.21. The lowest BCUT2D eigenvalue weighted by atomic mass is 10.3. The molecular formula is C17H19NO2S2. The zero-order chi connectivity index (χ0) is 15.9. The Labute approximate surface area is 139 Å². The smallest absolute Gasteiger partial charge is 0.237 e. The summed E-state index contributed by atoms with van der Waals surface area (Å²) in [5.41, 5.74) is 0.832. The van der Waals surface area contributed by atoms with E-state index < -0.39 is 0 Å². The van der Waals surface area contributed by atoms with Crippen LogP contribution in [0.4, 0.5) is 5.69 Å². The van der Waals surface area contributed by atoms with Gasteiger partial charge in [0.05, 0.1) is 12.4 Å². The predicted octanol–water partition coefficient (Wildman–Crippen LogP) is 4.54. The van der Waals surface area contributed by atoms with Gasteiger partial charge in [-0.3, -0.25) is 4.79 Å². The molecule has 0 aliphatic heterocycles. The maximum absolute atomic E-state index is 12.3.